The Hall–Kier alpha value is -1.64. The number of fused-ring (bicyclic) bond motifs is 3. The molecule has 0 radical (unpaired) electrons. The highest BCUT2D eigenvalue weighted by Gasteiger charge is 2.47. The molecule has 3 heteroatoms. The molecular formula is C16H19NO2. The molecule has 2 atom stereocenters. The largest absolute Gasteiger partial charge is 0.496 e. The molecule has 1 aromatic carbocycles. The Morgan fingerprint density at radius 1 is 1.37 bits per heavy atom. The van der Waals surface area contributed by atoms with E-state index in [0.29, 0.717) is 12.1 Å². The first-order chi connectivity index (χ1) is 9.08. The van der Waals surface area contributed by atoms with E-state index in [2.05, 4.69) is 13.0 Å². The van der Waals surface area contributed by atoms with Crippen molar-refractivity contribution in [3.63, 3.8) is 0 Å². The van der Waals surface area contributed by atoms with Crippen molar-refractivity contribution in [3.05, 3.63) is 29.3 Å². The monoisotopic (exact) mass is 257 g/mol. The summed E-state index contributed by atoms with van der Waals surface area (Å²) in [4.78, 5) is 11.8. The normalized spacial score (nSPS) is 29.7. The van der Waals surface area contributed by atoms with Gasteiger partial charge in [0.1, 0.15) is 5.75 Å². The van der Waals surface area contributed by atoms with Crippen LogP contribution in [0.2, 0.25) is 0 Å². The van der Waals surface area contributed by atoms with E-state index < -0.39 is 0 Å². The van der Waals surface area contributed by atoms with Gasteiger partial charge in [0.2, 0.25) is 0 Å². The van der Waals surface area contributed by atoms with Gasteiger partial charge in [-0.1, -0.05) is 19.1 Å². The van der Waals surface area contributed by atoms with Crippen LogP contribution in [0.1, 0.15) is 37.3 Å². The Kier molecular flexibility index (Phi) is 2.73. The lowest BCUT2D eigenvalue weighted by Crippen LogP contribution is -2.47. The molecule has 2 aliphatic carbocycles. The van der Waals surface area contributed by atoms with Crippen LogP contribution in [0, 0.1) is 11.3 Å². The molecule has 100 valence electrons. The third-order valence-corrected chi connectivity index (χ3v) is 4.94. The fraction of sp³-hybridized carbons (Fsp3) is 0.500. The summed E-state index contributed by atoms with van der Waals surface area (Å²) in [5.74, 6) is 1.06. The Labute approximate surface area is 113 Å². The fourth-order valence-corrected chi connectivity index (χ4v) is 3.82. The van der Waals surface area contributed by atoms with Crippen molar-refractivity contribution in [2.45, 2.75) is 38.0 Å². The van der Waals surface area contributed by atoms with E-state index in [-0.39, 0.29) is 17.1 Å². The van der Waals surface area contributed by atoms with E-state index in [0.717, 1.165) is 25.0 Å². The highest BCUT2D eigenvalue weighted by atomic mass is 16.5. The molecule has 1 fully saturated rings. The predicted molar refractivity (Wildman–Crippen MR) is 74.1 cm³/mol. The standard InChI is InChI=1S/C16H19NO2/c1-16-9-8-13(18)15(17)12(16)7-6-10-11(16)4-3-5-14(10)19-2/h3-5,12,17H,6-9H2,1-2H3/t12-,16?/m0/s1. The number of Topliss-reactive ketones (excluding diaryl/α,β-unsaturated/α-hetero) is 1. The maximum Gasteiger partial charge on any atom is 0.176 e. The van der Waals surface area contributed by atoms with Gasteiger partial charge in [-0.3, -0.25) is 4.79 Å². The van der Waals surface area contributed by atoms with E-state index in [1.54, 1.807) is 7.11 Å². The molecule has 0 heterocycles. The first-order valence-corrected chi connectivity index (χ1v) is 6.86. The van der Waals surface area contributed by atoms with Gasteiger partial charge in [-0.25, -0.2) is 0 Å². The summed E-state index contributed by atoms with van der Waals surface area (Å²) in [6.07, 6.45) is 3.13. The van der Waals surface area contributed by atoms with Gasteiger partial charge in [-0.15, -0.1) is 0 Å². The molecule has 0 spiro atoms. The Morgan fingerprint density at radius 3 is 2.89 bits per heavy atom. The van der Waals surface area contributed by atoms with Gasteiger partial charge in [0.05, 0.1) is 12.8 Å². The minimum Gasteiger partial charge on any atom is -0.496 e. The van der Waals surface area contributed by atoms with Crippen LogP contribution < -0.4 is 4.74 Å². The van der Waals surface area contributed by atoms with Gasteiger partial charge < -0.3 is 10.1 Å². The molecule has 0 aliphatic heterocycles. The van der Waals surface area contributed by atoms with E-state index in [4.69, 9.17) is 10.1 Å². The fourth-order valence-electron chi connectivity index (χ4n) is 3.82. The van der Waals surface area contributed by atoms with Crippen LogP contribution in [-0.2, 0) is 16.6 Å². The predicted octanol–water partition coefficient (Wildman–Crippen LogP) is 2.90. The lowest BCUT2D eigenvalue weighted by atomic mass is 9.57. The summed E-state index contributed by atoms with van der Waals surface area (Å²) in [5.41, 5.74) is 2.81. The molecule has 0 aromatic heterocycles. The second kappa shape index (κ2) is 4.19. The highest BCUT2D eigenvalue weighted by Crippen LogP contribution is 2.49. The summed E-state index contributed by atoms with van der Waals surface area (Å²) >= 11 is 0. The number of carbonyl (C=O) groups is 1. The Bertz CT molecular complexity index is 564. The average molecular weight is 257 g/mol. The minimum atomic E-state index is -0.0763. The highest BCUT2D eigenvalue weighted by molar-refractivity contribution is 6.40. The van der Waals surface area contributed by atoms with Crippen molar-refractivity contribution in [1.29, 1.82) is 5.41 Å². The van der Waals surface area contributed by atoms with Gasteiger partial charge >= 0.3 is 0 Å². The van der Waals surface area contributed by atoms with Crippen molar-refractivity contribution in [2.75, 3.05) is 7.11 Å². The summed E-state index contributed by atoms with van der Waals surface area (Å²) in [6, 6.07) is 6.17. The summed E-state index contributed by atoms with van der Waals surface area (Å²) in [7, 11) is 1.70. The molecule has 1 N–H and O–H groups in total. The zero-order valence-corrected chi connectivity index (χ0v) is 11.5. The van der Waals surface area contributed by atoms with Crippen LogP contribution in [-0.4, -0.2) is 18.6 Å². The van der Waals surface area contributed by atoms with Crippen molar-refractivity contribution in [1.82, 2.24) is 0 Å². The lowest BCUT2D eigenvalue weighted by Gasteiger charge is -2.46. The van der Waals surface area contributed by atoms with Crippen LogP contribution in [0.3, 0.4) is 0 Å². The number of rotatable bonds is 1. The summed E-state index contributed by atoms with van der Waals surface area (Å²) in [6.45, 7) is 2.20. The Morgan fingerprint density at radius 2 is 2.16 bits per heavy atom. The number of hydrogen-bond donors (Lipinski definition) is 1. The number of nitrogens with one attached hydrogen (secondary N) is 1. The van der Waals surface area contributed by atoms with Crippen LogP contribution >= 0.6 is 0 Å². The van der Waals surface area contributed by atoms with Crippen molar-refractivity contribution >= 4 is 11.5 Å². The third-order valence-electron chi connectivity index (χ3n) is 4.94. The first kappa shape index (κ1) is 12.4. The molecule has 3 rings (SSSR count). The first-order valence-electron chi connectivity index (χ1n) is 6.86. The van der Waals surface area contributed by atoms with Crippen LogP contribution in [0.5, 0.6) is 5.75 Å². The second-order valence-corrected chi connectivity index (χ2v) is 5.83. The molecule has 2 aliphatic rings. The molecule has 0 bridgehead atoms. The molecular weight excluding hydrogens is 238 g/mol. The summed E-state index contributed by atoms with van der Waals surface area (Å²) in [5, 5.41) is 8.10. The van der Waals surface area contributed by atoms with Crippen molar-refractivity contribution < 1.29 is 9.53 Å². The van der Waals surface area contributed by atoms with E-state index in [9.17, 15) is 4.79 Å². The van der Waals surface area contributed by atoms with Crippen molar-refractivity contribution in [3.8, 4) is 5.75 Å². The number of ether oxygens (including phenoxy) is 1. The number of hydrogen-bond acceptors (Lipinski definition) is 3. The average Bonchev–Trinajstić information content (AvgIpc) is 2.43. The van der Waals surface area contributed by atoms with Gasteiger partial charge in [-0.2, -0.15) is 0 Å². The molecule has 3 nitrogen and oxygen atoms in total. The van der Waals surface area contributed by atoms with E-state index >= 15 is 0 Å². The third kappa shape index (κ3) is 1.64. The van der Waals surface area contributed by atoms with Gasteiger partial charge in [0.15, 0.2) is 5.78 Å². The Balaban J connectivity index is 2.13. The maximum atomic E-state index is 11.8. The summed E-state index contributed by atoms with van der Waals surface area (Å²) < 4.78 is 5.46. The molecule has 1 unspecified atom stereocenters. The second-order valence-electron chi connectivity index (χ2n) is 5.83. The zero-order valence-electron chi connectivity index (χ0n) is 11.5. The van der Waals surface area contributed by atoms with Gasteiger partial charge in [-0.05, 0) is 36.5 Å². The van der Waals surface area contributed by atoms with Crippen LogP contribution in [0.15, 0.2) is 18.2 Å². The number of methoxy groups -OCH3 is 1. The van der Waals surface area contributed by atoms with Crippen LogP contribution in [0.25, 0.3) is 0 Å². The quantitative estimate of drug-likeness (QED) is 0.841. The molecule has 1 aromatic rings. The molecule has 0 saturated heterocycles. The molecule has 0 amide bonds. The smallest absolute Gasteiger partial charge is 0.176 e. The lowest BCUT2D eigenvalue weighted by molar-refractivity contribution is -0.114. The maximum absolute atomic E-state index is 11.8. The van der Waals surface area contributed by atoms with Gasteiger partial charge in [0.25, 0.3) is 0 Å². The van der Waals surface area contributed by atoms with E-state index in [1.807, 2.05) is 12.1 Å². The SMILES string of the molecule is COc1cccc2c1CC[C@H]1C(=N)C(=O)CCC21C. The van der Waals surface area contributed by atoms with Crippen molar-refractivity contribution in [2.24, 2.45) is 5.92 Å². The number of benzene rings is 1. The zero-order chi connectivity index (χ0) is 13.6. The molecule has 19 heavy (non-hydrogen) atoms. The topological polar surface area (TPSA) is 50.1 Å². The number of carbonyl (C=O) groups excluding carboxylic acids is 1. The molecule has 1 saturated carbocycles. The van der Waals surface area contributed by atoms with Gasteiger partial charge in [0, 0.05) is 17.8 Å². The number of ketones is 1. The van der Waals surface area contributed by atoms with E-state index in [1.165, 1.54) is 11.1 Å². The van der Waals surface area contributed by atoms with Crippen LogP contribution in [0.4, 0.5) is 0 Å². The minimum absolute atomic E-state index is 0.0359.